The number of benzene rings is 2. The zero-order valence-electron chi connectivity index (χ0n) is 14.2. The number of hydrogen-bond acceptors (Lipinski definition) is 2. The van der Waals surface area contributed by atoms with E-state index in [2.05, 4.69) is 34.8 Å². The van der Waals surface area contributed by atoms with Crippen LogP contribution in [0.25, 0.3) is 0 Å². The average molecular weight is 389 g/mol. The summed E-state index contributed by atoms with van der Waals surface area (Å²) in [6.45, 7) is 2.35. The second-order valence-corrected chi connectivity index (χ2v) is 6.54. The highest BCUT2D eigenvalue weighted by molar-refractivity contribution is 7.80. The van der Waals surface area contributed by atoms with Crippen LogP contribution in [0.5, 0.6) is 0 Å². The van der Waals surface area contributed by atoms with Gasteiger partial charge in [-0.25, -0.2) is 4.39 Å². The number of nitrogens with one attached hydrogen (secondary N) is 2. The van der Waals surface area contributed by atoms with Crippen molar-refractivity contribution in [1.29, 1.82) is 0 Å². The molecule has 3 aromatic rings. The average Bonchev–Trinajstić information content (AvgIpc) is 3.06. The molecule has 0 bridgehead atoms. The zero-order chi connectivity index (χ0) is 18.5. The minimum Gasteiger partial charge on any atom is -0.332 e. The van der Waals surface area contributed by atoms with Crippen molar-refractivity contribution in [2.75, 3.05) is 10.6 Å². The maximum atomic E-state index is 13.9. The van der Waals surface area contributed by atoms with Gasteiger partial charge in [0.1, 0.15) is 5.82 Å². The van der Waals surface area contributed by atoms with E-state index in [9.17, 15) is 4.39 Å². The van der Waals surface area contributed by atoms with Gasteiger partial charge in [-0.1, -0.05) is 36.7 Å². The number of anilines is 2. The van der Waals surface area contributed by atoms with E-state index in [1.807, 2.05) is 12.1 Å². The first-order valence-electron chi connectivity index (χ1n) is 8.18. The van der Waals surface area contributed by atoms with E-state index in [1.165, 1.54) is 11.6 Å². The molecule has 3 rings (SSSR count). The van der Waals surface area contributed by atoms with Crippen LogP contribution in [0.4, 0.5) is 15.9 Å². The van der Waals surface area contributed by atoms with Crippen LogP contribution in [0.3, 0.4) is 0 Å². The van der Waals surface area contributed by atoms with Crippen LogP contribution < -0.4 is 10.6 Å². The molecule has 4 nitrogen and oxygen atoms in total. The van der Waals surface area contributed by atoms with Crippen molar-refractivity contribution in [2.24, 2.45) is 0 Å². The summed E-state index contributed by atoms with van der Waals surface area (Å²) >= 11 is 11.4. The summed E-state index contributed by atoms with van der Waals surface area (Å²) in [5.41, 5.74) is 2.57. The fraction of sp³-hybridized carbons (Fsp3) is 0.158. The van der Waals surface area contributed by atoms with Crippen LogP contribution in [0.2, 0.25) is 5.02 Å². The van der Waals surface area contributed by atoms with Gasteiger partial charge in [-0.05, 0) is 48.5 Å². The molecule has 0 aliphatic heterocycles. The molecule has 1 aromatic heterocycles. The van der Waals surface area contributed by atoms with Gasteiger partial charge in [-0.3, -0.25) is 4.68 Å². The summed E-state index contributed by atoms with van der Waals surface area (Å²) in [5.74, 6) is 0.218. The van der Waals surface area contributed by atoms with Crippen molar-refractivity contribution >= 4 is 40.4 Å². The number of halogens is 2. The van der Waals surface area contributed by atoms with Gasteiger partial charge >= 0.3 is 0 Å². The largest absolute Gasteiger partial charge is 0.332 e. The Morgan fingerprint density at radius 3 is 2.62 bits per heavy atom. The predicted octanol–water partition coefficient (Wildman–Crippen LogP) is 5.10. The molecule has 26 heavy (non-hydrogen) atoms. The van der Waals surface area contributed by atoms with Gasteiger partial charge in [0.2, 0.25) is 0 Å². The summed E-state index contributed by atoms with van der Waals surface area (Å²) < 4.78 is 15.5. The minimum atomic E-state index is -0.352. The minimum absolute atomic E-state index is 0.242. The van der Waals surface area contributed by atoms with Gasteiger partial charge in [0, 0.05) is 28.5 Å². The second-order valence-electron chi connectivity index (χ2n) is 5.73. The van der Waals surface area contributed by atoms with Crippen LogP contribution in [0, 0.1) is 5.82 Å². The standard InChI is InChI=1S/C19H18ClFN4S/c1-2-13-6-8-14(9-7-13)22-19(26)23-18-10-11-25(24-18)12-15-16(20)4-3-5-17(15)21/h3-11H,2,12H2,1H3,(H2,22,23,24,26). The quantitative estimate of drug-likeness (QED) is 0.597. The number of aromatic nitrogens is 2. The fourth-order valence-electron chi connectivity index (χ4n) is 2.46. The van der Waals surface area contributed by atoms with Crippen LogP contribution in [-0.2, 0) is 13.0 Å². The van der Waals surface area contributed by atoms with Crippen molar-refractivity contribution < 1.29 is 4.39 Å². The lowest BCUT2D eigenvalue weighted by molar-refractivity contribution is 0.586. The van der Waals surface area contributed by atoms with Gasteiger partial charge in [0.15, 0.2) is 10.9 Å². The monoisotopic (exact) mass is 388 g/mol. The van der Waals surface area contributed by atoms with Crippen molar-refractivity contribution in [1.82, 2.24) is 9.78 Å². The molecule has 2 aromatic carbocycles. The van der Waals surface area contributed by atoms with Gasteiger partial charge in [0.25, 0.3) is 0 Å². The third-order valence-electron chi connectivity index (χ3n) is 3.88. The SMILES string of the molecule is CCc1ccc(NC(=S)Nc2ccn(Cc3c(F)cccc3Cl)n2)cc1. The maximum absolute atomic E-state index is 13.9. The summed E-state index contributed by atoms with van der Waals surface area (Å²) in [6, 6.07) is 14.4. The van der Waals surface area contributed by atoms with Crippen molar-refractivity contribution in [3.05, 3.63) is 76.7 Å². The molecule has 0 fully saturated rings. The lowest BCUT2D eigenvalue weighted by Crippen LogP contribution is -2.19. The topological polar surface area (TPSA) is 41.9 Å². The Hall–Kier alpha value is -2.44. The Balaban J connectivity index is 1.61. The Morgan fingerprint density at radius 2 is 1.92 bits per heavy atom. The Morgan fingerprint density at radius 1 is 1.15 bits per heavy atom. The smallest absolute Gasteiger partial charge is 0.176 e. The molecule has 0 radical (unpaired) electrons. The van der Waals surface area contributed by atoms with Gasteiger partial charge in [0.05, 0.1) is 6.54 Å². The molecule has 1 heterocycles. The molecule has 0 unspecified atom stereocenters. The highest BCUT2D eigenvalue weighted by Gasteiger charge is 2.09. The number of hydrogen-bond donors (Lipinski definition) is 2. The first-order valence-corrected chi connectivity index (χ1v) is 8.97. The van der Waals surface area contributed by atoms with Crippen LogP contribution >= 0.6 is 23.8 Å². The highest BCUT2D eigenvalue weighted by atomic mass is 35.5. The molecule has 0 saturated heterocycles. The molecule has 0 amide bonds. The first-order chi connectivity index (χ1) is 12.5. The Kier molecular flexibility index (Phi) is 5.85. The van der Waals surface area contributed by atoms with Crippen molar-refractivity contribution in [3.63, 3.8) is 0 Å². The van der Waals surface area contributed by atoms with Crippen molar-refractivity contribution in [2.45, 2.75) is 19.9 Å². The van der Waals surface area contributed by atoms with E-state index < -0.39 is 0 Å². The Bertz CT molecular complexity index is 888. The summed E-state index contributed by atoms with van der Waals surface area (Å²) in [4.78, 5) is 0. The van der Waals surface area contributed by atoms with Crippen LogP contribution in [0.1, 0.15) is 18.1 Å². The van der Waals surface area contributed by atoms with Crippen molar-refractivity contribution in [3.8, 4) is 0 Å². The number of nitrogens with zero attached hydrogens (tertiary/aromatic N) is 2. The number of aryl methyl sites for hydroxylation is 1. The van der Waals surface area contributed by atoms with E-state index in [0.29, 0.717) is 21.5 Å². The molecule has 0 atom stereocenters. The zero-order valence-corrected chi connectivity index (χ0v) is 15.7. The lowest BCUT2D eigenvalue weighted by atomic mass is 10.1. The molecule has 134 valence electrons. The molecule has 2 N–H and O–H groups in total. The number of thiocarbonyl (C=S) groups is 1. The number of rotatable bonds is 5. The summed E-state index contributed by atoms with van der Waals surface area (Å²) in [7, 11) is 0. The maximum Gasteiger partial charge on any atom is 0.176 e. The molecule has 0 spiro atoms. The predicted molar refractivity (Wildman–Crippen MR) is 108 cm³/mol. The van der Waals surface area contributed by atoms with Gasteiger partial charge in [-0.15, -0.1) is 0 Å². The van der Waals surface area contributed by atoms with E-state index in [4.69, 9.17) is 23.8 Å². The molecule has 0 saturated carbocycles. The molecular formula is C19H18ClFN4S. The third kappa shape index (κ3) is 4.59. The summed E-state index contributed by atoms with van der Waals surface area (Å²) in [5, 5.41) is 11.3. The first kappa shape index (κ1) is 18.4. The Labute approximate surface area is 162 Å². The van der Waals surface area contributed by atoms with E-state index in [0.717, 1.165) is 12.1 Å². The van der Waals surface area contributed by atoms with Gasteiger partial charge in [-0.2, -0.15) is 5.10 Å². The van der Waals surface area contributed by atoms with E-state index >= 15 is 0 Å². The normalized spacial score (nSPS) is 10.6. The molecule has 7 heteroatoms. The molecule has 0 aliphatic carbocycles. The lowest BCUT2D eigenvalue weighted by Gasteiger charge is -2.09. The fourth-order valence-corrected chi connectivity index (χ4v) is 2.91. The van der Waals surface area contributed by atoms with Gasteiger partial charge < -0.3 is 10.6 Å². The summed E-state index contributed by atoms with van der Waals surface area (Å²) in [6.07, 6.45) is 2.73. The van der Waals surface area contributed by atoms with Crippen LogP contribution in [-0.4, -0.2) is 14.9 Å². The third-order valence-corrected chi connectivity index (χ3v) is 4.44. The molecular weight excluding hydrogens is 371 g/mol. The highest BCUT2D eigenvalue weighted by Crippen LogP contribution is 2.20. The second kappa shape index (κ2) is 8.29. The van der Waals surface area contributed by atoms with Crippen LogP contribution in [0.15, 0.2) is 54.7 Å². The molecule has 0 aliphatic rings. The van der Waals surface area contributed by atoms with E-state index in [1.54, 1.807) is 29.1 Å². The van der Waals surface area contributed by atoms with E-state index in [-0.39, 0.29) is 12.4 Å².